The molecule has 3 aliphatic heterocycles. The Hall–Kier alpha value is -1.65. The summed E-state index contributed by atoms with van der Waals surface area (Å²) >= 11 is 0. The van der Waals surface area contributed by atoms with Gasteiger partial charge in [-0.15, -0.1) is 0 Å². The maximum Gasteiger partial charge on any atom is 0.0991 e. The zero-order valence-electron chi connectivity index (χ0n) is 14.9. The van der Waals surface area contributed by atoms with Crippen LogP contribution in [0.25, 0.3) is 5.69 Å². The highest BCUT2D eigenvalue weighted by molar-refractivity contribution is 5.34. The summed E-state index contributed by atoms with van der Waals surface area (Å²) in [4.78, 5) is 9.67. The Morgan fingerprint density at radius 2 is 1.84 bits per heavy atom. The predicted molar refractivity (Wildman–Crippen MR) is 99.7 cm³/mol. The van der Waals surface area contributed by atoms with Crippen LogP contribution in [0.15, 0.2) is 43.0 Å². The van der Waals surface area contributed by atoms with E-state index in [4.69, 9.17) is 0 Å². The summed E-state index contributed by atoms with van der Waals surface area (Å²) in [5.41, 5.74) is 2.62. The predicted octanol–water partition coefficient (Wildman–Crippen LogP) is 3.18. The van der Waals surface area contributed by atoms with Gasteiger partial charge in [-0.25, -0.2) is 4.98 Å². The number of imidazole rings is 1. The highest BCUT2D eigenvalue weighted by atomic mass is 15.3. The van der Waals surface area contributed by atoms with Gasteiger partial charge in [0, 0.05) is 56.8 Å². The van der Waals surface area contributed by atoms with Gasteiger partial charge >= 0.3 is 0 Å². The molecule has 0 radical (unpaired) electrons. The lowest BCUT2D eigenvalue weighted by Crippen LogP contribution is -2.44. The van der Waals surface area contributed by atoms with E-state index in [1.54, 1.807) is 0 Å². The second-order valence-electron chi connectivity index (χ2n) is 8.32. The van der Waals surface area contributed by atoms with Gasteiger partial charge in [-0.05, 0) is 55.2 Å². The van der Waals surface area contributed by atoms with Crippen molar-refractivity contribution in [2.24, 2.45) is 11.8 Å². The molecule has 25 heavy (non-hydrogen) atoms. The normalized spacial score (nSPS) is 27.5. The van der Waals surface area contributed by atoms with Crippen LogP contribution in [0.3, 0.4) is 0 Å². The Kier molecular flexibility index (Phi) is 4.10. The zero-order chi connectivity index (χ0) is 16.6. The second kappa shape index (κ2) is 6.58. The van der Waals surface area contributed by atoms with Crippen molar-refractivity contribution in [2.45, 2.75) is 38.3 Å². The monoisotopic (exact) mass is 336 g/mol. The summed E-state index contributed by atoms with van der Waals surface area (Å²) < 4.78 is 2.06. The fraction of sp³-hybridized carbons (Fsp3) is 0.571. The zero-order valence-corrected chi connectivity index (χ0v) is 14.9. The van der Waals surface area contributed by atoms with Gasteiger partial charge < -0.3 is 4.57 Å². The molecule has 3 saturated heterocycles. The molecule has 2 aromatic rings. The minimum atomic E-state index is 0.796. The Labute approximate surface area is 150 Å². The molecule has 6 rings (SSSR count). The maximum absolute atomic E-state index is 4.13. The van der Waals surface area contributed by atoms with E-state index in [1.165, 1.54) is 63.1 Å². The first-order valence-electron chi connectivity index (χ1n) is 9.87. The molecule has 2 atom stereocenters. The van der Waals surface area contributed by atoms with Crippen LogP contribution in [0.1, 0.15) is 31.2 Å². The SMILES string of the molecule is c1cn(-c2ccc(CN3C[C@H]4CC[C@@H](C3)N(CC3CC3)C4)cc2)cn1. The molecule has 2 bridgehead atoms. The molecule has 1 aliphatic carbocycles. The molecule has 1 aromatic heterocycles. The van der Waals surface area contributed by atoms with Crippen molar-refractivity contribution in [2.75, 3.05) is 26.2 Å². The molecule has 4 heteroatoms. The molecule has 1 aromatic carbocycles. The van der Waals surface area contributed by atoms with Gasteiger partial charge in [0.05, 0.1) is 6.33 Å². The van der Waals surface area contributed by atoms with Crippen molar-refractivity contribution >= 4 is 0 Å². The van der Waals surface area contributed by atoms with Gasteiger partial charge in [0.25, 0.3) is 0 Å². The number of rotatable bonds is 5. The van der Waals surface area contributed by atoms with E-state index in [0.717, 1.165) is 24.4 Å². The fourth-order valence-corrected chi connectivity index (χ4v) is 4.70. The van der Waals surface area contributed by atoms with Crippen LogP contribution in [0, 0.1) is 11.8 Å². The molecular weight excluding hydrogens is 308 g/mol. The fourth-order valence-electron chi connectivity index (χ4n) is 4.70. The van der Waals surface area contributed by atoms with E-state index in [0.29, 0.717) is 0 Å². The van der Waals surface area contributed by atoms with Crippen LogP contribution in [-0.2, 0) is 6.54 Å². The smallest absolute Gasteiger partial charge is 0.0991 e. The number of hydrogen-bond donors (Lipinski definition) is 0. The summed E-state index contributed by atoms with van der Waals surface area (Å²) in [6.07, 6.45) is 11.5. The van der Waals surface area contributed by atoms with Crippen molar-refractivity contribution in [1.29, 1.82) is 0 Å². The van der Waals surface area contributed by atoms with Crippen LogP contribution in [-0.4, -0.2) is 51.6 Å². The lowest BCUT2D eigenvalue weighted by Gasteiger charge is -2.36. The molecule has 1 saturated carbocycles. The number of nitrogens with zero attached hydrogens (tertiary/aromatic N) is 4. The first-order chi connectivity index (χ1) is 12.3. The largest absolute Gasteiger partial charge is 0.306 e. The van der Waals surface area contributed by atoms with Crippen molar-refractivity contribution in [3.8, 4) is 5.69 Å². The minimum Gasteiger partial charge on any atom is -0.306 e. The van der Waals surface area contributed by atoms with Gasteiger partial charge in [-0.3, -0.25) is 9.80 Å². The van der Waals surface area contributed by atoms with E-state index < -0.39 is 0 Å². The summed E-state index contributed by atoms with van der Waals surface area (Å²) in [7, 11) is 0. The van der Waals surface area contributed by atoms with Crippen LogP contribution in [0.5, 0.6) is 0 Å². The highest BCUT2D eigenvalue weighted by Gasteiger charge is 2.37. The Morgan fingerprint density at radius 3 is 2.60 bits per heavy atom. The number of fused-ring (bicyclic) bond motifs is 4. The third-order valence-electron chi connectivity index (χ3n) is 6.24. The second-order valence-corrected chi connectivity index (χ2v) is 8.32. The maximum atomic E-state index is 4.13. The summed E-state index contributed by atoms with van der Waals surface area (Å²) in [6, 6.07) is 9.78. The van der Waals surface area contributed by atoms with E-state index in [9.17, 15) is 0 Å². The molecule has 132 valence electrons. The standard InChI is InChI=1S/C21H28N4/c1-2-18(1)13-25-14-19-5-8-21(25)15-23(12-19)11-17-3-6-20(7-4-17)24-10-9-22-16-24/h3-4,6-7,9-10,16,18-19,21H,1-2,5,8,11-15H2/t19-,21+/m1/s1. The molecule has 4 aliphatic rings. The third-order valence-corrected chi connectivity index (χ3v) is 6.24. The highest BCUT2D eigenvalue weighted by Crippen LogP contribution is 2.35. The van der Waals surface area contributed by atoms with E-state index in [2.05, 4.69) is 43.6 Å². The van der Waals surface area contributed by atoms with E-state index in [-0.39, 0.29) is 0 Å². The molecule has 0 amide bonds. The molecule has 4 heterocycles. The average molecular weight is 336 g/mol. The van der Waals surface area contributed by atoms with Crippen molar-refractivity contribution in [3.63, 3.8) is 0 Å². The van der Waals surface area contributed by atoms with Gasteiger partial charge in [0.1, 0.15) is 0 Å². The molecule has 0 N–H and O–H groups in total. The first-order valence-corrected chi connectivity index (χ1v) is 9.87. The minimum absolute atomic E-state index is 0.796. The Bertz CT molecular complexity index is 689. The first kappa shape index (κ1) is 15.6. The average Bonchev–Trinajstić information content (AvgIpc) is 3.35. The van der Waals surface area contributed by atoms with E-state index >= 15 is 0 Å². The lowest BCUT2D eigenvalue weighted by molar-refractivity contribution is 0.125. The number of benzene rings is 1. The number of aromatic nitrogens is 2. The molecular formula is C21H28N4. The molecule has 0 spiro atoms. The lowest BCUT2D eigenvalue weighted by atomic mass is 9.95. The summed E-state index contributed by atoms with van der Waals surface area (Å²) in [5.74, 6) is 1.89. The van der Waals surface area contributed by atoms with Gasteiger partial charge in [-0.1, -0.05) is 12.1 Å². The number of hydrogen-bond acceptors (Lipinski definition) is 3. The molecule has 0 unspecified atom stereocenters. The Balaban J connectivity index is 1.25. The van der Waals surface area contributed by atoms with Crippen molar-refractivity contribution in [1.82, 2.24) is 19.4 Å². The quantitative estimate of drug-likeness (QED) is 0.838. The van der Waals surface area contributed by atoms with Gasteiger partial charge in [0.15, 0.2) is 0 Å². The summed E-state index contributed by atoms with van der Waals surface area (Å²) in [5, 5.41) is 0. The van der Waals surface area contributed by atoms with Gasteiger partial charge in [0.2, 0.25) is 0 Å². The topological polar surface area (TPSA) is 24.3 Å². The van der Waals surface area contributed by atoms with Crippen LogP contribution < -0.4 is 0 Å². The van der Waals surface area contributed by atoms with Crippen molar-refractivity contribution in [3.05, 3.63) is 48.5 Å². The number of piperidine rings is 1. The van der Waals surface area contributed by atoms with Crippen molar-refractivity contribution < 1.29 is 0 Å². The van der Waals surface area contributed by atoms with Gasteiger partial charge in [-0.2, -0.15) is 0 Å². The Morgan fingerprint density at radius 1 is 0.960 bits per heavy atom. The molecule has 4 nitrogen and oxygen atoms in total. The van der Waals surface area contributed by atoms with Crippen LogP contribution in [0.2, 0.25) is 0 Å². The van der Waals surface area contributed by atoms with Crippen LogP contribution >= 0.6 is 0 Å². The van der Waals surface area contributed by atoms with Crippen LogP contribution in [0.4, 0.5) is 0 Å². The van der Waals surface area contributed by atoms with E-state index in [1.807, 2.05) is 18.7 Å². The molecule has 4 fully saturated rings. The third kappa shape index (κ3) is 3.51. The summed E-state index contributed by atoms with van der Waals surface area (Å²) in [6.45, 7) is 6.34.